The first kappa shape index (κ1) is 11.9. The number of pyridine rings is 1. The number of anilines is 1. The van der Waals surface area contributed by atoms with E-state index in [0.717, 1.165) is 37.3 Å². The highest BCUT2D eigenvalue weighted by Gasteiger charge is 2.21. The summed E-state index contributed by atoms with van der Waals surface area (Å²) < 4.78 is 0. The number of rotatable bonds is 5. The molecule has 1 aromatic heterocycles. The second-order valence-electron chi connectivity index (χ2n) is 4.36. The van der Waals surface area contributed by atoms with Crippen molar-refractivity contribution in [2.75, 3.05) is 18.4 Å². The molecule has 2 heterocycles. The molecule has 0 atom stereocenters. The van der Waals surface area contributed by atoms with Crippen LogP contribution in [0.25, 0.3) is 0 Å². The molecule has 92 valence electrons. The van der Waals surface area contributed by atoms with Gasteiger partial charge in [-0.05, 0) is 18.9 Å². The number of hydrogen-bond donors (Lipinski definition) is 1. The molecular weight excluding hydrogens is 214 g/mol. The Morgan fingerprint density at radius 3 is 3.12 bits per heavy atom. The van der Waals surface area contributed by atoms with Gasteiger partial charge in [0.1, 0.15) is 5.82 Å². The van der Waals surface area contributed by atoms with E-state index in [1.54, 1.807) is 6.20 Å². The Labute approximate surface area is 102 Å². The minimum Gasteiger partial charge on any atom is -0.370 e. The van der Waals surface area contributed by atoms with E-state index in [1.165, 1.54) is 0 Å². The Hall–Kier alpha value is -1.58. The average molecular weight is 233 g/mol. The van der Waals surface area contributed by atoms with Crippen molar-refractivity contribution in [3.8, 4) is 0 Å². The summed E-state index contributed by atoms with van der Waals surface area (Å²) in [6.07, 6.45) is 4.53. The molecule has 2 rings (SSSR count). The fourth-order valence-corrected chi connectivity index (χ4v) is 2.05. The summed E-state index contributed by atoms with van der Waals surface area (Å²) in [5.41, 5.74) is 1.11. The molecular formula is C13H19N3O. The van der Waals surface area contributed by atoms with Gasteiger partial charge in [-0.2, -0.15) is 0 Å². The van der Waals surface area contributed by atoms with Gasteiger partial charge in [0.25, 0.3) is 0 Å². The smallest absolute Gasteiger partial charge is 0.222 e. The summed E-state index contributed by atoms with van der Waals surface area (Å²) in [4.78, 5) is 17.8. The molecule has 1 aliphatic heterocycles. The van der Waals surface area contributed by atoms with Crippen LogP contribution in [0.15, 0.2) is 18.3 Å². The predicted octanol–water partition coefficient (Wildman–Crippen LogP) is 2.03. The van der Waals surface area contributed by atoms with E-state index in [0.29, 0.717) is 13.0 Å². The number of nitrogens with zero attached hydrogens (tertiary/aromatic N) is 2. The summed E-state index contributed by atoms with van der Waals surface area (Å²) in [6, 6.07) is 3.96. The minimum absolute atomic E-state index is 0.260. The molecule has 1 aliphatic rings. The summed E-state index contributed by atoms with van der Waals surface area (Å²) in [7, 11) is 0. The van der Waals surface area contributed by atoms with Crippen molar-refractivity contribution in [1.29, 1.82) is 0 Å². The van der Waals surface area contributed by atoms with Gasteiger partial charge in [-0.3, -0.25) is 4.79 Å². The number of carbonyl (C=O) groups is 1. The van der Waals surface area contributed by atoms with Crippen LogP contribution in [0.3, 0.4) is 0 Å². The van der Waals surface area contributed by atoms with Gasteiger partial charge in [0.15, 0.2) is 0 Å². The highest BCUT2D eigenvalue weighted by Crippen LogP contribution is 2.18. The number of carbonyl (C=O) groups excluding carboxylic acids is 1. The molecule has 0 unspecified atom stereocenters. The zero-order valence-corrected chi connectivity index (χ0v) is 10.3. The number of nitrogens with one attached hydrogen (secondary N) is 1. The maximum absolute atomic E-state index is 11.6. The molecule has 4 heteroatoms. The normalized spacial score (nSPS) is 15.4. The molecule has 1 N–H and O–H groups in total. The van der Waals surface area contributed by atoms with Crippen LogP contribution in [0.4, 0.5) is 5.82 Å². The molecule has 0 radical (unpaired) electrons. The quantitative estimate of drug-likeness (QED) is 0.846. The third-order valence-corrected chi connectivity index (χ3v) is 2.97. The molecule has 4 nitrogen and oxygen atoms in total. The van der Waals surface area contributed by atoms with Crippen molar-refractivity contribution >= 4 is 11.7 Å². The van der Waals surface area contributed by atoms with Crippen molar-refractivity contribution in [2.45, 2.75) is 32.7 Å². The van der Waals surface area contributed by atoms with Crippen molar-refractivity contribution in [2.24, 2.45) is 0 Å². The Morgan fingerprint density at radius 1 is 1.53 bits per heavy atom. The summed E-state index contributed by atoms with van der Waals surface area (Å²) >= 11 is 0. The van der Waals surface area contributed by atoms with Crippen LogP contribution in [-0.2, 0) is 11.3 Å². The van der Waals surface area contributed by atoms with Crippen LogP contribution in [0.1, 0.15) is 31.7 Å². The van der Waals surface area contributed by atoms with Crippen LogP contribution in [0.2, 0.25) is 0 Å². The number of amides is 1. The molecule has 0 saturated carbocycles. The Kier molecular flexibility index (Phi) is 3.96. The number of aromatic nitrogens is 1. The maximum Gasteiger partial charge on any atom is 0.222 e. The fourth-order valence-electron chi connectivity index (χ4n) is 2.05. The fraction of sp³-hybridized carbons (Fsp3) is 0.538. The van der Waals surface area contributed by atoms with Crippen LogP contribution < -0.4 is 5.32 Å². The van der Waals surface area contributed by atoms with Gasteiger partial charge in [0.05, 0.1) is 0 Å². The lowest BCUT2D eigenvalue weighted by Gasteiger charge is -2.17. The van der Waals surface area contributed by atoms with E-state index in [-0.39, 0.29) is 5.91 Å². The molecule has 1 fully saturated rings. The molecule has 0 spiro atoms. The summed E-state index contributed by atoms with van der Waals surface area (Å²) in [5, 5.41) is 3.30. The number of hydrogen-bond acceptors (Lipinski definition) is 3. The van der Waals surface area contributed by atoms with Crippen molar-refractivity contribution in [3.63, 3.8) is 0 Å². The Balaban J connectivity index is 2.06. The van der Waals surface area contributed by atoms with E-state index in [4.69, 9.17) is 0 Å². The van der Waals surface area contributed by atoms with Crippen molar-refractivity contribution in [1.82, 2.24) is 9.88 Å². The van der Waals surface area contributed by atoms with Gasteiger partial charge in [-0.1, -0.05) is 13.0 Å². The van der Waals surface area contributed by atoms with Gasteiger partial charge in [-0.15, -0.1) is 0 Å². The van der Waals surface area contributed by atoms with Crippen LogP contribution >= 0.6 is 0 Å². The second-order valence-corrected chi connectivity index (χ2v) is 4.36. The third kappa shape index (κ3) is 2.96. The second kappa shape index (κ2) is 5.66. The first-order valence-electron chi connectivity index (χ1n) is 6.27. The maximum atomic E-state index is 11.6. The molecule has 0 aliphatic carbocycles. The van der Waals surface area contributed by atoms with E-state index in [1.807, 2.05) is 17.0 Å². The molecule has 1 amide bonds. The predicted molar refractivity (Wildman–Crippen MR) is 67.7 cm³/mol. The largest absolute Gasteiger partial charge is 0.370 e. The average Bonchev–Trinajstić information content (AvgIpc) is 2.74. The summed E-state index contributed by atoms with van der Waals surface area (Å²) in [6.45, 7) is 4.59. The number of likely N-dealkylation sites (tertiary alicyclic amines) is 1. The van der Waals surface area contributed by atoms with Gasteiger partial charge < -0.3 is 10.2 Å². The van der Waals surface area contributed by atoms with Crippen LogP contribution in [0, 0.1) is 0 Å². The lowest BCUT2D eigenvalue weighted by molar-refractivity contribution is -0.128. The van der Waals surface area contributed by atoms with E-state index in [9.17, 15) is 4.79 Å². The lowest BCUT2D eigenvalue weighted by atomic mass is 10.2. The van der Waals surface area contributed by atoms with Crippen LogP contribution in [-0.4, -0.2) is 28.9 Å². The minimum atomic E-state index is 0.260. The highest BCUT2D eigenvalue weighted by atomic mass is 16.2. The first-order chi connectivity index (χ1) is 8.31. The molecule has 0 bridgehead atoms. The van der Waals surface area contributed by atoms with E-state index in [2.05, 4.69) is 17.2 Å². The van der Waals surface area contributed by atoms with Crippen molar-refractivity contribution in [3.05, 3.63) is 23.9 Å². The van der Waals surface area contributed by atoms with Gasteiger partial charge in [0, 0.05) is 37.8 Å². The molecule has 0 aromatic carbocycles. The highest BCUT2D eigenvalue weighted by molar-refractivity contribution is 5.78. The van der Waals surface area contributed by atoms with E-state index >= 15 is 0 Å². The Bertz CT molecular complexity index is 392. The first-order valence-corrected chi connectivity index (χ1v) is 6.27. The third-order valence-electron chi connectivity index (χ3n) is 2.97. The monoisotopic (exact) mass is 233 g/mol. The zero-order chi connectivity index (χ0) is 12.1. The topological polar surface area (TPSA) is 45.2 Å². The summed E-state index contributed by atoms with van der Waals surface area (Å²) in [5.74, 6) is 1.17. The van der Waals surface area contributed by atoms with E-state index < -0.39 is 0 Å². The zero-order valence-electron chi connectivity index (χ0n) is 10.3. The van der Waals surface area contributed by atoms with Crippen molar-refractivity contribution < 1.29 is 4.79 Å². The van der Waals surface area contributed by atoms with Gasteiger partial charge in [0.2, 0.25) is 5.91 Å². The lowest BCUT2D eigenvalue weighted by Crippen LogP contribution is -2.24. The standard InChI is InChI=1S/C13H19N3O/c1-2-7-14-13-11(5-3-8-15-13)10-16-9-4-6-12(16)17/h3,5,8H,2,4,6-7,9-10H2,1H3,(H,14,15). The van der Waals surface area contributed by atoms with Gasteiger partial charge in [-0.25, -0.2) is 4.98 Å². The van der Waals surface area contributed by atoms with Crippen LogP contribution in [0.5, 0.6) is 0 Å². The van der Waals surface area contributed by atoms with Gasteiger partial charge >= 0.3 is 0 Å². The Morgan fingerprint density at radius 2 is 2.41 bits per heavy atom. The molecule has 17 heavy (non-hydrogen) atoms. The molecule has 1 aromatic rings. The molecule has 1 saturated heterocycles. The SMILES string of the molecule is CCCNc1ncccc1CN1CCCC1=O.